The lowest BCUT2D eigenvalue weighted by Crippen LogP contribution is -2.38. The van der Waals surface area contributed by atoms with Crippen LogP contribution < -0.4 is 0 Å². The van der Waals surface area contributed by atoms with E-state index in [1.54, 1.807) is 5.92 Å². The predicted molar refractivity (Wildman–Crippen MR) is 45.4 cm³/mol. The highest BCUT2D eigenvalue weighted by atomic mass is 19.4. The van der Waals surface area contributed by atoms with Crippen LogP contribution >= 0.6 is 0 Å². The van der Waals surface area contributed by atoms with E-state index in [-0.39, 0.29) is 5.69 Å². The van der Waals surface area contributed by atoms with Gasteiger partial charge in [-0.2, -0.15) is 18.3 Å². The maximum atomic E-state index is 12.6. The molecule has 0 spiro atoms. The third-order valence-electron chi connectivity index (χ3n) is 2.08. The summed E-state index contributed by atoms with van der Waals surface area (Å²) >= 11 is 0. The van der Waals surface area contributed by atoms with Crippen molar-refractivity contribution in [2.75, 3.05) is 0 Å². The molecule has 1 aromatic heterocycles. The highest BCUT2D eigenvalue weighted by Gasteiger charge is 2.52. The highest BCUT2D eigenvalue weighted by molar-refractivity contribution is 5.29. The molecule has 1 rings (SSSR count). The van der Waals surface area contributed by atoms with Crippen molar-refractivity contribution in [3.05, 3.63) is 18.0 Å². The average Bonchev–Trinajstić information content (AvgIpc) is 2.48. The van der Waals surface area contributed by atoms with Crippen LogP contribution in [0.3, 0.4) is 0 Å². The lowest BCUT2D eigenvalue weighted by Gasteiger charge is -2.24. The van der Waals surface area contributed by atoms with Crippen LogP contribution in [0.5, 0.6) is 0 Å². The molecule has 0 aliphatic heterocycles. The molecule has 1 heterocycles. The van der Waals surface area contributed by atoms with Crippen molar-refractivity contribution in [2.45, 2.75) is 18.5 Å². The summed E-state index contributed by atoms with van der Waals surface area (Å²) in [5, 5.41) is 3.67. The third kappa shape index (κ3) is 1.48. The maximum absolute atomic E-state index is 12.6. The van der Waals surface area contributed by atoms with E-state index in [1.807, 2.05) is 0 Å². The second-order valence-electron chi connectivity index (χ2n) is 3.14. The van der Waals surface area contributed by atoms with Gasteiger partial charge in [0, 0.05) is 13.2 Å². The molecule has 0 aromatic carbocycles. The molecule has 14 heavy (non-hydrogen) atoms. The van der Waals surface area contributed by atoms with Gasteiger partial charge in [-0.25, -0.2) is 0 Å². The number of aryl methyl sites for hydroxylation is 1. The first-order valence-corrected chi connectivity index (χ1v) is 3.86. The van der Waals surface area contributed by atoms with Gasteiger partial charge in [-0.15, -0.1) is 6.42 Å². The van der Waals surface area contributed by atoms with Crippen molar-refractivity contribution in [1.29, 1.82) is 0 Å². The van der Waals surface area contributed by atoms with Gasteiger partial charge in [-0.05, 0) is 13.0 Å². The molecule has 0 bridgehead atoms. The standard InChI is InChI=1S/C9H9F3N2/c1-4-8(2,9(10,11)12)7-5-6-14(3)13-7/h1,5-6H,2-3H3. The van der Waals surface area contributed by atoms with Gasteiger partial charge < -0.3 is 0 Å². The zero-order valence-electron chi connectivity index (χ0n) is 7.76. The third-order valence-corrected chi connectivity index (χ3v) is 2.08. The van der Waals surface area contributed by atoms with Crippen molar-refractivity contribution in [3.8, 4) is 12.3 Å². The molecule has 0 aliphatic carbocycles. The Kier molecular flexibility index (Phi) is 2.32. The van der Waals surface area contributed by atoms with E-state index in [2.05, 4.69) is 5.10 Å². The van der Waals surface area contributed by atoms with Gasteiger partial charge in [0.25, 0.3) is 0 Å². The average molecular weight is 202 g/mol. The molecular weight excluding hydrogens is 193 g/mol. The first kappa shape index (κ1) is 10.6. The van der Waals surface area contributed by atoms with Crippen molar-refractivity contribution in [1.82, 2.24) is 9.78 Å². The quantitative estimate of drug-likeness (QED) is 0.636. The van der Waals surface area contributed by atoms with E-state index in [9.17, 15) is 13.2 Å². The van der Waals surface area contributed by atoms with Gasteiger partial charge in [0.2, 0.25) is 0 Å². The fourth-order valence-corrected chi connectivity index (χ4v) is 0.983. The Labute approximate surface area is 79.7 Å². The summed E-state index contributed by atoms with van der Waals surface area (Å²) in [6.45, 7) is 0.940. The number of alkyl halides is 3. The Morgan fingerprint density at radius 1 is 1.50 bits per heavy atom. The van der Waals surface area contributed by atoms with Crippen LogP contribution in [0.1, 0.15) is 12.6 Å². The summed E-state index contributed by atoms with van der Waals surface area (Å²) < 4.78 is 39.1. The van der Waals surface area contributed by atoms with Gasteiger partial charge in [-0.3, -0.25) is 4.68 Å². The molecule has 0 fully saturated rings. The van der Waals surface area contributed by atoms with E-state index in [0.717, 1.165) is 6.92 Å². The molecular formula is C9H9F3N2. The summed E-state index contributed by atoms with van der Waals surface area (Å²) in [5.74, 6) is 1.75. The smallest absolute Gasteiger partial charge is 0.275 e. The minimum atomic E-state index is -4.49. The molecule has 0 saturated heterocycles. The molecule has 0 amide bonds. The highest BCUT2D eigenvalue weighted by Crippen LogP contribution is 2.39. The zero-order chi connectivity index (χ0) is 11.0. The Morgan fingerprint density at radius 3 is 2.36 bits per heavy atom. The minimum absolute atomic E-state index is 0.157. The summed E-state index contributed by atoms with van der Waals surface area (Å²) in [5.41, 5.74) is -2.47. The lowest BCUT2D eigenvalue weighted by atomic mass is 9.87. The first-order chi connectivity index (χ1) is 6.31. The molecule has 1 atom stereocenters. The number of rotatable bonds is 1. The van der Waals surface area contributed by atoms with E-state index < -0.39 is 11.6 Å². The Bertz CT molecular complexity index is 372. The number of nitrogens with zero attached hydrogens (tertiary/aromatic N) is 2. The normalized spacial score (nSPS) is 16.0. The van der Waals surface area contributed by atoms with Crippen molar-refractivity contribution < 1.29 is 13.2 Å². The maximum Gasteiger partial charge on any atom is 0.410 e. The van der Waals surface area contributed by atoms with Gasteiger partial charge >= 0.3 is 6.18 Å². The van der Waals surface area contributed by atoms with Crippen molar-refractivity contribution in [2.24, 2.45) is 7.05 Å². The van der Waals surface area contributed by atoms with Crippen molar-refractivity contribution >= 4 is 0 Å². The van der Waals surface area contributed by atoms with Crippen LogP contribution in [0.15, 0.2) is 12.3 Å². The SMILES string of the molecule is C#CC(C)(c1ccn(C)n1)C(F)(F)F. The van der Waals surface area contributed by atoms with Crippen LogP contribution in [0.2, 0.25) is 0 Å². The van der Waals surface area contributed by atoms with Crippen molar-refractivity contribution in [3.63, 3.8) is 0 Å². The Hall–Kier alpha value is -1.44. The van der Waals surface area contributed by atoms with Crippen LogP contribution in [-0.2, 0) is 12.5 Å². The van der Waals surface area contributed by atoms with E-state index in [1.165, 1.54) is 24.0 Å². The largest absolute Gasteiger partial charge is 0.410 e. The fraction of sp³-hybridized carbons (Fsp3) is 0.444. The lowest BCUT2D eigenvalue weighted by molar-refractivity contribution is -0.169. The second-order valence-corrected chi connectivity index (χ2v) is 3.14. The van der Waals surface area contributed by atoms with Crippen LogP contribution in [0.4, 0.5) is 13.2 Å². The topological polar surface area (TPSA) is 17.8 Å². The molecule has 0 N–H and O–H groups in total. The molecule has 0 radical (unpaired) electrons. The monoisotopic (exact) mass is 202 g/mol. The van der Waals surface area contributed by atoms with Gasteiger partial charge in [0.05, 0.1) is 5.69 Å². The first-order valence-electron chi connectivity index (χ1n) is 3.86. The summed E-state index contributed by atoms with van der Waals surface area (Å²) in [6, 6.07) is 1.27. The van der Waals surface area contributed by atoms with Crippen LogP contribution in [0.25, 0.3) is 0 Å². The molecule has 0 aliphatic rings. The van der Waals surface area contributed by atoms with E-state index >= 15 is 0 Å². The van der Waals surface area contributed by atoms with Gasteiger partial charge in [0.1, 0.15) is 0 Å². The second kappa shape index (κ2) is 3.05. The Balaban J connectivity index is 3.23. The van der Waals surface area contributed by atoms with Crippen LogP contribution in [0, 0.1) is 12.3 Å². The summed E-state index contributed by atoms with van der Waals surface area (Å²) in [6.07, 6.45) is 1.85. The summed E-state index contributed by atoms with van der Waals surface area (Å²) in [7, 11) is 1.54. The van der Waals surface area contributed by atoms with Gasteiger partial charge in [-0.1, -0.05) is 5.92 Å². The molecule has 1 unspecified atom stereocenters. The Morgan fingerprint density at radius 2 is 2.07 bits per heavy atom. The fourth-order valence-electron chi connectivity index (χ4n) is 0.983. The number of aromatic nitrogens is 2. The predicted octanol–water partition coefficient (Wildman–Crippen LogP) is 1.87. The number of hydrogen-bond donors (Lipinski definition) is 0. The molecule has 76 valence electrons. The minimum Gasteiger partial charge on any atom is -0.275 e. The number of halogens is 3. The van der Waals surface area contributed by atoms with Crippen LogP contribution in [-0.4, -0.2) is 16.0 Å². The molecule has 2 nitrogen and oxygen atoms in total. The molecule has 5 heteroatoms. The molecule has 0 saturated carbocycles. The number of terminal acetylenes is 1. The number of hydrogen-bond acceptors (Lipinski definition) is 1. The van der Waals surface area contributed by atoms with E-state index in [0.29, 0.717) is 0 Å². The summed E-state index contributed by atoms with van der Waals surface area (Å²) in [4.78, 5) is 0. The van der Waals surface area contributed by atoms with E-state index in [4.69, 9.17) is 6.42 Å². The van der Waals surface area contributed by atoms with Gasteiger partial charge in [0.15, 0.2) is 5.41 Å². The molecule has 1 aromatic rings. The zero-order valence-corrected chi connectivity index (χ0v) is 7.76.